The zero-order chi connectivity index (χ0) is 29.1. The van der Waals surface area contributed by atoms with E-state index in [2.05, 4.69) is 15.3 Å². The van der Waals surface area contributed by atoms with Crippen molar-refractivity contribution in [2.75, 3.05) is 16.4 Å². The lowest BCUT2D eigenvalue weighted by molar-refractivity contribution is -0.133. The topological polar surface area (TPSA) is 129 Å². The van der Waals surface area contributed by atoms with Gasteiger partial charge in [0.15, 0.2) is 0 Å². The Morgan fingerprint density at radius 3 is 2.61 bits per heavy atom. The molecule has 3 heterocycles. The van der Waals surface area contributed by atoms with Gasteiger partial charge in [-0.3, -0.25) is 19.5 Å². The molecular weight excluding hydrogens is 541 g/mol. The van der Waals surface area contributed by atoms with Crippen LogP contribution in [-0.2, 0) is 14.3 Å². The first-order valence-corrected chi connectivity index (χ1v) is 12.7. The van der Waals surface area contributed by atoms with Crippen LogP contribution in [0.1, 0.15) is 36.4 Å². The van der Waals surface area contributed by atoms with Gasteiger partial charge in [0.1, 0.15) is 23.7 Å². The zero-order valence-corrected chi connectivity index (χ0v) is 21.4. The molecule has 1 saturated heterocycles. The number of rotatable bonds is 7. The van der Waals surface area contributed by atoms with Crippen molar-refractivity contribution in [2.45, 2.75) is 43.3 Å². The van der Waals surface area contributed by atoms with Gasteiger partial charge in [-0.15, -0.1) is 0 Å². The third kappa shape index (κ3) is 5.81. The summed E-state index contributed by atoms with van der Waals surface area (Å²) in [5.74, 6) is -5.32. The first kappa shape index (κ1) is 27.6. The number of anilines is 2. The van der Waals surface area contributed by atoms with Gasteiger partial charge in [0.2, 0.25) is 5.91 Å². The van der Waals surface area contributed by atoms with Crippen LogP contribution in [0.4, 0.5) is 29.5 Å². The van der Waals surface area contributed by atoms with Gasteiger partial charge in [0, 0.05) is 37.6 Å². The minimum Gasteiger partial charge on any atom is -0.449 e. The van der Waals surface area contributed by atoms with E-state index >= 15 is 0 Å². The van der Waals surface area contributed by atoms with Gasteiger partial charge in [0.25, 0.3) is 11.8 Å². The van der Waals surface area contributed by atoms with E-state index in [0.717, 1.165) is 22.1 Å². The maximum atomic E-state index is 14.4. The van der Waals surface area contributed by atoms with Crippen molar-refractivity contribution in [3.05, 3.63) is 84.1 Å². The molecule has 0 spiro atoms. The summed E-state index contributed by atoms with van der Waals surface area (Å²) in [6, 6.07) is 10.2. The van der Waals surface area contributed by atoms with Crippen molar-refractivity contribution in [1.29, 1.82) is 5.26 Å². The highest BCUT2D eigenvalue weighted by molar-refractivity contribution is 6.08. The highest BCUT2D eigenvalue weighted by atomic mass is 19.3. The number of aromatic nitrogens is 2. The van der Waals surface area contributed by atoms with Crippen LogP contribution in [0.2, 0.25) is 0 Å². The number of nitrogens with zero attached hydrogens (tertiary/aromatic N) is 5. The molecule has 1 aliphatic carbocycles. The second-order valence-corrected chi connectivity index (χ2v) is 9.66. The van der Waals surface area contributed by atoms with Crippen molar-refractivity contribution in [2.24, 2.45) is 0 Å². The van der Waals surface area contributed by atoms with E-state index in [0.29, 0.717) is 5.56 Å². The Hall–Kier alpha value is -4.99. The Morgan fingerprint density at radius 2 is 1.93 bits per heavy atom. The second-order valence-electron chi connectivity index (χ2n) is 9.66. The SMILES string of the molecule is N#Cc1ccnc(N2C(=O)OCCC2C(=O)N(c2cncc(F)c2)[C@@H](C(=O)NC2CC(F)(F)C2)c2ccccc2)c1. The van der Waals surface area contributed by atoms with Crippen molar-refractivity contribution in [1.82, 2.24) is 15.3 Å². The van der Waals surface area contributed by atoms with Crippen molar-refractivity contribution < 1.29 is 32.3 Å². The van der Waals surface area contributed by atoms with Crippen LogP contribution in [0.15, 0.2) is 67.1 Å². The van der Waals surface area contributed by atoms with Crippen molar-refractivity contribution in [3.8, 4) is 6.07 Å². The van der Waals surface area contributed by atoms with Gasteiger partial charge < -0.3 is 10.1 Å². The summed E-state index contributed by atoms with van der Waals surface area (Å²) < 4.78 is 46.7. The number of cyclic esters (lactones) is 1. The number of hydrogen-bond acceptors (Lipinski definition) is 7. The molecule has 10 nitrogen and oxygen atoms in total. The predicted octanol–water partition coefficient (Wildman–Crippen LogP) is 3.89. The number of nitrogens with one attached hydrogen (secondary N) is 1. The minimum absolute atomic E-state index is 0.0275. The average molecular weight is 565 g/mol. The molecule has 1 N–H and O–H groups in total. The summed E-state index contributed by atoms with van der Waals surface area (Å²) in [6.45, 7) is -0.141. The average Bonchev–Trinajstić information content (AvgIpc) is 2.94. The molecule has 1 unspecified atom stereocenters. The fourth-order valence-electron chi connectivity index (χ4n) is 4.88. The van der Waals surface area contributed by atoms with Gasteiger partial charge >= 0.3 is 6.09 Å². The number of carbonyl (C=O) groups is 3. The zero-order valence-electron chi connectivity index (χ0n) is 21.4. The molecule has 41 heavy (non-hydrogen) atoms. The van der Waals surface area contributed by atoms with E-state index in [-0.39, 0.29) is 30.1 Å². The van der Waals surface area contributed by atoms with E-state index in [9.17, 15) is 32.8 Å². The largest absolute Gasteiger partial charge is 0.449 e. The fraction of sp³-hybridized carbons (Fsp3) is 0.286. The molecule has 2 aromatic heterocycles. The lowest BCUT2D eigenvalue weighted by atomic mass is 9.87. The number of carbonyl (C=O) groups excluding carboxylic acids is 3. The molecule has 2 fully saturated rings. The molecule has 1 aliphatic heterocycles. The van der Waals surface area contributed by atoms with Gasteiger partial charge in [-0.1, -0.05) is 30.3 Å². The quantitative estimate of drug-likeness (QED) is 0.461. The molecule has 2 aliphatic rings. The van der Waals surface area contributed by atoms with Crippen LogP contribution in [0, 0.1) is 17.1 Å². The summed E-state index contributed by atoms with van der Waals surface area (Å²) in [5, 5.41) is 11.9. The normalized spacial score (nSPS) is 18.8. The maximum Gasteiger partial charge on any atom is 0.416 e. The summed E-state index contributed by atoms with van der Waals surface area (Å²) in [4.78, 5) is 51.0. The van der Waals surface area contributed by atoms with Crippen molar-refractivity contribution >= 4 is 29.4 Å². The second kappa shape index (κ2) is 11.2. The third-order valence-electron chi connectivity index (χ3n) is 6.80. The highest BCUT2D eigenvalue weighted by Gasteiger charge is 2.48. The third-order valence-corrected chi connectivity index (χ3v) is 6.80. The Balaban J connectivity index is 1.59. The van der Waals surface area contributed by atoms with Gasteiger partial charge in [-0.25, -0.2) is 27.8 Å². The lowest BCUT2D eigenvalue weighted by Gasteiger charge is -2.40. The summed E-state index contributed by atoms with van der Waals surface area (Å²) in [5.41, 5.74) is 0.378. The standard InChI is InChI=1S/C28H23F3N6O4/c29-19-11-21(16-33-15-19)36(24(18-4-2-1-3-5-18)25(38)35-20-12-28(30,31)13-20)26(39)22-7-9-41-27(40)37(22)23-10-17(14-32)6-8-34-23/h1-6,8,10-11,15-16,20,22,24H,7,9,12-13H2,(H,35,38)/t22?,24-/m1/s1. The Kier molecular flexibility index (Phi) is 7.56. The number of halogens is 3. The molecule has 13 heteroatoms. The minimum atomic E-state index is -2.91. The molecule has 5 rings (SSSR count). The van der Waals surface area contributed by atoms with E-state index in [1.807, 2.05) is 6.07 Å². The molecule has 0 bridgehead atoms. The van der Waals surface area contributed by atoms with Crippen LogP contribution in [0.3, 0.4) is 0 Å². The maximum absolute atomic E-state index is 14.4. The van der Waals surface area contributed by atoms with E-state index in [4.69, 9.17) is 4.74 Å². The van der Waals surface area contributed by atoms with Crippen LogP contribution in [0.25, 0.3) is 0 Å². The van der Waals surface area contributed by atoms with E-state index in [1.165, 1.54) is 24.5 Å². The van der Waals surface area contributed by atoms with Gasteiger partial charge in [-0.05, 0) is 17.7 Å². The number of pyridine rings is 2. The first-order valence-electron chi connectivity index (χ1n) is 12.7. The Labute approximate surface area is 232 Å². The molecule has 210 valence electrons. The highest BCUT2D eigenvalue weighted by Crippen LogP contribution is 2.38. The van der Waals surface area contributed by atoms with E-state index < -0.39 is 60.6 Å². The molecule has 1 aromatic carbocycles. The summed E-state index contributed by atoms with van der Waals surface area (Å²) in [7, 11) is 0. The summed E-state index contributed by atoms with van der Waals surface area (Å²) >= 11 is 0. The smallest absolute Gasteiger partial charge is 0.416 e. The monoisotopic (exact) mass is 564 g/mol. The molecular formula is C28H23F3N6O4. The van der Waals surface area contributed by atoms with Gasteiger partial charge in [-0.2, -0.15) is 5.26 Å². The Morgan fingerprint density at radius 1 is 1.17 bits per heavy atom. The number of nitriles is 1. The predicted molar refractivity (Wildman–Crippen MR) is 138 cm³/mol. The molecule has 2 atom stereocenters. The number of benzene rings is 1. The molecule has 3 aromatic rings. The lowest BCUT2D eigenvalue weighted by Crippen LogP contribution is -2.58. The number of ether oxygens (including phenoxy) is 1. The molecule has 3 amide bonds. The molecule has 1 saturated carbocycles. The number of hydrogen-bond donors (Lipinski definition) is 1. The van der Waals surface area contributed by atoms with Crippen LogP contribution in [-0.4, -0.2) is 52.5 Å². The molecule has 0 radical (unpaired) electrons. The number of amides is 3. The summed E-state index contributed by atoms with van der Waals surface area (Å²) in [6.07, 6.45) is 1.34. The van der Waals surface area contributed by atoms with E-state index in [1.54, 1.807) is 30.3 Å². The Bertz CT molecular complexity index is 1510. The van der Waals surface area contributed by atoms with Crippen molar-refractivity contribution in [3.63, 3.8) is 0 Å². The first-order chi connectivity index (χ1) is 19.7. The number of alkyl halides is 2. The van der Waals surface area contributed by atoms with Crippen LogP contribution < -0.4 is 15.1 Å². The van der Waals surface area contributed by atoms with Gasteiger partial charge in [0.05, 0.1) is 36.3 Å². The fourth-order valence-corrected chi connectivity index (χ4v) is 4.88. The van der Waals surface area contributed by atoms with Crippen LogP contribution >= 0.6 is 0 Å². The van der Waals surface area contributed by atoms with Crippen LogP contribution in [0.5, 0.6) is 0 Å².